The predicted octanol–water partition coefficient (Wildman–Crippen LogP) is 2.68. The number of likely N-dealkylation sites (tertiary alicyclic amines) is 1. The number of amides is 2. The normalized spacial score (nSPS) is 25.1. The number of halogens is 2. The minimum absolute atomic E-state index is 0.00137. The lowest BCUT2D eigenvalue weighted by Crippen LogP contribution is -2.41. The summed E-state index contributed by atoms with van der Waals surface area (Å²) in [6.07, 6.45) is 2.30. The topological polar surface area (TPSA) is 78.9 Å². The van der Waals surface area contributed by atoms with Gasteiger partial charge in [-0.2, -0.15) is 8.78 Å². The van der Waals surface area contributed by atoms with Crippen molar-refractivity contribution in [3.63, 3.8) is 0 Å². The first-order chi connectivity index (χ1) is 11.9. The van der Waals surface area contributed by atoms with Crippen LogP contribution in [-0.4, -0.2) is 41.7 Å². The Morgan fingerprint density at radius 2 is 2.24 bits per heavy atom. The summed E-state index contributed by atoms with van der Waals surface area (Å²) < 4.78 is 28.8. The zero-order chi connectivity index (χ0) is 18.0. The fraction of sp³-hybridized carbons (Fsp3) is 0.529. The molecule has 0 radical (unpaired) electrons. The highest BCUT2D eigenvalue weighted by Gasteiger charge is 2.55. The van der Waals surface area contributed by atoms with Crippen molar-refractivity contribution in [3.05, 3.63) is 29.8 Å². The third-order valence-electron chi connectivity index (χ3n) is 5.15. The van der Waals surface area contributed by atoms with Gasteiger partial charge in [0.25, 0.3) is 0 Å². The Hall–Kier alpha value is -2.38. The number of fused-ring (bicyclic) bond motifs is 1. The van der Waals surface area contributed by atoms with E-state index in [0.29, 0.717) is 18.5 Å². The van der Waals surface area contributed by atoms with Gasteiger partial charge in [-0.1, -0.05) is 18.6 Å². The summed E-state index contributed by atoms with van der Waals surface area (Å²) in [4.78, 5) is 25.5. The van der Waals surface area contributed by atoms with Crippen LogP contribution in [0.15, 0.2) is 24.3 Å². The molecule has 6 nitrogen and oxygen atoms in total. The van der Waals surface area contributed by atoms with Crippen LogP contribution in [-0.2, 0) is 11.3 Å². The fourth-order valence-corrected chi connectivity index (χ4v) is 3.91. The molecule has 1 saturated heterocycles. The van der Waals surface area contributed by atoms with Gasteiger partial charge in [0.1, 0.15) is 5.75 Å². The van der Waals surface area contributed by atoms with Crippen LogP contribution in [0.4, 0.5) is 13.6 Å². The van der Waals surface area contributed by atoms with Crippen LogP contribution < -0.4 is 10.1 Å². The molecule has 0 bridgehead atoms. The predicted molar refractivity (Wildman–Crippen MR) is 84.3 cm³/mol. The van der Waals surface area contributed by atoms with Gasteiger partial charge in [0.15, 0.2) is 0 Å². The summed E-state index contributed by atoms with van der Waals surface area (Å²) in [5, 5.41) is 12.3. The second kappa shape index (κ2) is 6.85. The van der Waals surface area contributed by atoms with E-state index in [1.165, 1.54) is 17.0 Å². The number of benzene rings is 1. The van der Waals surface area contributed by atoms with Crippen molar-refractivity contribution < 1.29 is 28.2 Å². The number of ether oxygens (including phenoxy) is 1. The SMILES string of the molecule is O=C(NCc1cccc(OC(F)F)c1)N1C[C@@H]2CCC[C@@]2(C(=O)O)C1. The summed E-state index contributed by atoms with van der Waals surface area (Å²) in [5.41, 5.74) is -0.193. The summed E-state index contributed by atoms with van der Waals surface area (Å²) in [6.45, 7) is -2.10. The van der Waals surface area contributed by atoms with Crippen LogP contribution in [0.5, 0.6) is 5.75 Å². The zero-order valence-electron chi connectivity index (χ0n) is 13.6. The molecule has 8 heteroatoms. The Kier molecular flexibility index (Phi) is 4.78. The molecular weight excluding hydrogens is 334 g/mol. The zero-order valence-corrected chi connectivity index (χ0v) is 13.6. The number of hydrogen-bond acceptors (Lipinski definition) is 3. The van der Waals surface area contributed by atoms with E-state index in [2.05, 4.69) is 10.1 Å². The van der Waals surface area contributed by atoms with Gasteiger partial charge in [-0.05, 0) is 36.5 Å². The molecule has 0 spiro atoms. The molecule has 1 aromatic carbocycles. The van der Waals surface area contributed by atoms with Gasteiger partial charge in [-0.15, -0.1) is 0 Å². The molecule has 1 aromatic rings. The van der Waals surface area contributed by atoms with E-state index in [9.17, 15) is 23.5 Å². The lowest BCUT2D eigenvalue weighted by molar-refractivity contribution is -0.149. The number of carboxylic acid groups (broad SMARTS) is 1. The van der Waals surface area contributed by atoms with Gasteiger partial charge in [-0.25, -0.2) is 4.79 Å². The molecule has 2 N–H and O–H groups in total. The average molecular weight is 354 g/mol. The molecule has 0 aromatic heterocycles. The molecule has 2 aliphatic rings. The summed E-state index contributed by atoms with van der Waals surface area (Å²) in [6, 6.07) is 5.77. The highest BCUT2D eigenvalue weighted by Crippen LogP contribution is 2.48. The van der Waals surface area contributed by atoms with Crippen LogP contribution in [0.1, 0.15) is 24.8 Å². The van der Waals surface area contributed by atoms with Gasteiger partial charge < -0.3 is 20.1 Å². The van der Waals surface area contributed by atoms with Crippen LogP contribution >= 0.6 is 0 Å². The highest BCUT2D eigenvalue weighted by molar-refractivity contribution is 5.80. The fourth-order valence-electron chi connectivity index (χ4n) is 3.91. The minimum atomic E-state index is -2.90. The molecular formula is C17H20F2N2O4. The second-order valence-corrected chi connectivity index (χ2v) is 6.62. The van der Waals surface area contributed by atoms with Crippen molar-refractivity contribution in [1.29, 1.82) is 0 Å². The van der Waals surface area contributed by atoms with Gasteiger partial charge in [0.05, 0.1) is 5.41 Å². The Morgan fingerprint density at radius 3 is 2.92 bits per heavy atom. The molecule has 25 heavy (non-hydrogen) atoms. The van der Waals surface area contributed by atoms with Crippen molar-refractivity contribution in [3.8, 4) is 5.75 Å². The maximum Gasteiger partial charge on any atom is 0.387 e. The number of rotatable bonds is 5. The number of nitrogens with one attached hydrogen (secondary N) is 1. The van der Waals surface area contributed by atoms with Crippen LogP contribution in [0.25, 0.3) is 0 Å². The third-order valence-corrected chi connectivity index (χ3v) is 5.15. The molecule has 1 aliphatic carbocycles. The molecule has 1 heterocycles. The molecule has 1 saturated carbocycles. The number of nitrogens with zero attached hydrogens (tertiary/aromatic N) is 1. The van der Waals surface area contributed by atoms with Crippen LogP contribution in [0.3, 0.4) is 0 Å². The largest absolute Gasteiger partial charge is 0.481 e. The van der Waals surface area contributed by atoms with Crippen molar-refractivity contribution in [1.82, 2.24) is 10.2 Å². The maximum absolute atomic E-state index is 12.3. The number of alkyl halides is 2. The van der Waals surface area contributed by atoms with E-state index in [1.54, 1.807) is 12.1 Å². The number of carbonyl (C=O) groups excluding carboxylic acids is 1. The lowest BCUT2D eigenvalue weighted by atomic mass is 9.81. The third kappa shape index (κ3) is 3.52. The van der Waals surface area contributed by atoms with E-state index in [1.807, 2.05) is 0 Å². The number of aliphatic carboxylic acids is 1. The number of carboxylic acids is 1. The summed E-state index contributed by atoms with van der Waals surface area (Å²) >= 11 is 0. The van der Waals surface area contributed by atoms with Gasteiger partial charge in [0, 0.05) is 19.6 Å². The molecule has 136 valence electrons. The number of carbonyl (C=O) groups is 2. The van der Waals surface area contributed by atoms with Crippen molar-refractivity contribution in [2.75, 3.05) is 13.1 Å². The van der Waals surface area contributed by atoms with E-state index < -0.39 is 18.0 Å². The maximum atomic E-state index is 12.3. The second-order valence-electron chi connectivity index (χ2n) is 6.62. The Balaban J connectivity index is 1.58. The standard InChI is InChI=1S/C17H20F2N2O4/c18-15(19)25-13-5-1-3-11(7-13)8-20-16(24)21-9-12-4-2-6-17(12,10-21)14(22)23/h1,3,5,7,12,15H,2,4,6,8-10H2,(H,20,24)(H,22,23)/t12-,17+/m0/s1. The first-order valence-corrected chi connectivity index (χ1v) is 8.20. The first-order valence-electron chi connectivity index (χ1n) is 8.20. The van der Waals surface area contributed by atoms with E-state index in [-0.39, 0.29) is 30.8 Å². The highest BCUT2D eigenvalue weighted by atomic mass is 19.3. The number of hydrogen-bond donors (Lipinski definition) is 2. The van der Waals surface area contributed by atoms with Gasteiger partial charge in [0.2, 0.25) is 0 Å². The average Bonchev–Trinajstić information content (AvgIpc) is 3.10. The van der Waals surface area contributed by atoms with E-state index in [4.69, 9.17) is 0 Å². The van der Waals surface area contributed by atoms with Crippen molar-refractivity contribution in [2.45, 2.75) is 32.4 Å². The van der Waals surface area contributed by atoms with Gasteiger partial charge >= 0.3 is 18.6 Å². The van der Waals surface area contributed by atoms with Gasteiger partial charge in [-0.3, -0.25) is 4.79 Å². The quantitative estimate of drug-likeness (QED) is 0.852. The smallest absolute Gasteiger partial charge is 0.387 e. The molecule has 2 atom stereocenters. The van der Waals surface area contributed by atoms with Crippen LogP contribution in [0.2, 0.25) is 0 Å². The monoisotopic (exact) mass is 354 g/mol. The Bertz CT molecular complexity index is 670. The van der Waals surface area contributed by atoms with E-state index in [0.717, 1.165) is 12.8 Å². The van der Waals surface area contributed by atoms with Crippen LogP contribution in [0, 0.1) is 11.3 Å². The van der Waals surface area contributed by atoms with Crippen molar-refractivity contribution in [2.24, 2.45) is 11.3 Å². The summed E-state index contributed by atoms with van der Waals surface area (Å²) in [5.74, 6) is -0.803. The Labute approximate surface area is 143 Å². The molecule has 2 fully saturated rings. The Morgan fingerprint density at radius 1 is 1.44 bits per heavy atom. The molecule has 0 unspecified atom stereocenters. The summed E-state index contributed by atoms with van der Waals surface area (Å²) in [7, 11) is 0. The minimum Gasteiger partial charge on any atom is -0.481 e. The lowest BCUT2D eigenvalue weighted by Gasteiger charge is -2.23. The van der Waals surface area contributed by atoms with Crippen molar-refractivity contribution >= 4 is 12.0 Å². The first kappa shape index (κ1) is 17.4. The number of urea groups is 1. The molecule has 3 rings (SSSR count). The van der Waals surface area contributed by atoms with E-state index >= 15 is 0 Å². The molecule has 1 aliphatic heterocycles. The molecule has 2 amide bonds.